The predicted octanol–water partition coefficient (Wildman–Crippen LogP) is 2.55. The minimum atomic E-state index is 0.309. The topological polar surface area (TPSA) is 37.3 Å². The number of aromatic hydroxyl groups is 1. The molecule has 0 atom stereocenters. The van der Waals surface area contributed by atoms with Crippen LogP contribution in [0.4, 0.5) is 0 Å². The fraction of sp³-hybridized carbons (Fsp3) is 0.364. The zero-order valence-corrected chi connectivity index (χ0v) is 9.23. The molecule has 0 amide bonds. The molecule has 3 heteroatoms. The summed E-state index contributed by atoms with van der Waals surface area (Å²) in [5.74, 6) is 0.309. The Kier molecular flexibility index (Phi) is 4.01. The number of aldehydes is 1. The molecule has 0 aliphatic carbocycles. The van der Waals surface area contributed by atoms with Crippen LogP contribution in [0.5, 0.6) is 5.75 Å². The molecule has 76 valence electrons. The summed E-state index contributed by atoms with van der Waals surface area (Å²) in [6.45, 7) is 1.87. The first-order valence-corrected chi connectivity index (χ1v) is 5.71. The van der Waals surface area contributed by atoms with Gasteiger partial charge in [-0.25, -0.2) is 0 Å². The minimum absolute atomic E-state index is 0.309. The standard InChI is InChI=1S/C11H14O2S/c1-8-6-11(14-2)9(4-3-5-12)7-10(8)13/h5-7,13H,3-4H2,1-2H3. The Morgan fingerprint density at radius 3 is 2.79 bits per heavy atom. The molecule has 0 aliphatic heterocycles. The van der Waals surface area contributed by atoms with Gasteiger partial charge in [0.05, 0.1) is 0 Å². The number of aryl methyl sites for hydroxylation is 2. The summed E-state index contributed by atoms with van der Waals surface area (Å²) in [6.07, 6.45) is 4.11. The maximum atomic E-state index is 10.3. The van der Waals surface area contributed by atoms with E-state index in [4.69, 9.17) is 0 Å². The second kappa shape index (κ2) is 5.05. The highest BCUT2D eigenvalue weighted by Gasteiger charge is 2.05. The van der Waals surface area contributed by atoms with E-state index in [0.717, 1.165) is 22.3 Å². The van der Waals surface area contributed by atoms with E-state index >= 15 is 0 Å². The van der Waals surface area contributed by atoms with Crippen LogP contribution in [0.3, 0.4) is 0 Å². The molecule has 2 nitrogen and oxygen atoms in total. The molecule has 1 aromatic rings. The Hall–Kier alpha value is -0.960. The van der Waals surface area contributed by atoms with Crippen molar-refractivity contribution in [1.29, 1.82) is 0 Å². The molecule has 0 radical (unpaired) electrons. The Morgan fingerprint density at radius 1 is 1.50 bits per heavy atom. The van der Waals surface area contributed by atoms with Gasteiger partial charge in [0.15, 0.2) is 0 Å². The van der Waals surface area contributed by atoms with Crippen LogP contribution in [0, 0.1) is 6.92 Å². The van der Waals surface area contributed by atoms with Gasteiger partial charge in [-0.2, -0.15) is 0 Å². The van der Waals surface area contributed by atoms with E-state index in [2.05, 4.69) is 0 Å². The molecule has 0 saturated heterocycles. The highest BCUT2D eigenvalue weighted by Crippen LogP contribution is 2.28. The fourth-order valence-corrected chi connectivity index (χ4v) is 2.03. The van der Waals surface area contributed by atoms with Crippen LogP contribution in [0.2, 0.25) is 0 Å². The minimum Gasteiger partial charge on any atom is -0.508 e. The highest BCUT2D eigenvalue weighted by atomic mass is 32.2. The maximum Gasteiger partial charge on any atom is 0.120 e. The van der Waals surface area contributed by atoms with Gasteiger partial charge in [0.2, 0.25) is 0 Å². The Labute approximate surface area is 88.3 Å². The van der Waals surface area contributed by atoms with E-state index in [1.165, 1.54) is 0 Å². The van der Waals surface area contributed by atoms with E-state index in [9.17, 15) is 9.90 Å². The lowest BCUT2D eigenvalue weighted by Gasteiger charge is -2.08. The number of rotatable bonds is 4. The Morgan fingerprint density at radius 2 is 2.21 bits per heavy atom. The summed E-state index contributed by atoms with van der Waals surface area (Å²) in [5.41, 5.74) is 1.93. The lowest BCUT2D eigenvalue weighted by molar-refractivity contribution is -0.107. The number of phenolic OH excluding ortho intramolecular Hbond substituents is 1. The van der Waals surface area contributed by atoms with Crippen molar-refractivity contribution >= 4 is 18.0 Å². The smallest absolute Gasteiger partial charge is 0.120 e. The SMILES string of the molecule is CSc1cc(C)c(O)cc1CCC=O. The van der Waals surface area contributed by atoms with Gasteiger partial charge in [-0.1, -0.05) is 0 Å². The van der Waals surface area contributed by atoms with E-state index in [0.29, 0.717) is 18.6 Å². The molecular weight excluding hydrogens is 196 g/mol. The Balaban J connectivity index is 3.00. The van der Waals surface area contributed by atoms with Crippen LogP contribution in [0.15, 0.2) is 17.0 Å². The molecule has 0 aliphatic rings. The molecule has 0 fully saturated rings. The number of carbonyl (C=O) groups excluding carboxylic acids is 1. The molecule has 0 aromatic heterocycles. The van der Waals surface area contributed by atoms with Crippen LogP contribution >= 0.6 is 11.8 Å². The summed E-state index contributed by atoms with van der Waals surface area (Å²) in [4.78, 5) is 11.4. The van der Waals surface area contributed by atoms with Gasteiger partial charge in [0.1, 0.15) is 12.0 Å². The third-order valence-corrected chi connectivity index (χ3v) is 2.95. The number of hydrogen-bond donors (Lipinski definition) is 1. The van der Waals surface area contributed by atoms with Crippen LogP contribution < -0.4 is 0 Å². The largest absolute Gasteiger partial charge is 0.508 e. The zero-order chi connectivity index (χ0) is 10.6. The lowest BCUT2D eigenvalue weighted by Crippen LogP contribution is -1.91. The summed E-state index contributed by atoms with van der Waals surface area (Å²) in [5, 5.41) is 9.52. The molecule has 0 saturated carbocycles. The number of benzene rings is 1. The fourth-order valence-electron chi connectivity index (χ4n) is 1.31. The molecule has 0 unspecified atom stereocenters. The average Bonchev–Trinajstić information content (AvgIpc) is 2.19. The van der Waals surface area contributed by atoms with Gasteiger partial charge < -0.3 is 9.90 Å². The van der Waals surface area contributed by atoms with Crippen molar-refractivity contribution in [3.05, 3.63) is 23.3 Å². The first-order chi connectivity index (χ1) is 6.69. The first kappa shape index (κ1) is 11.1. The summed E-state index contributed by atoms with van der Waals surface area (Å²) >= 11 is 1.64. The van der Waals surface area contributed by atoms with Crippen LogP contribution in [0.25, 0.3) is 0 Å². The molecule has 1 aromatic carbocycles. The van der Waals surface area contributed by atoms with Gasteiger partial charge in [-0.15, -0.1) is 11.8 Å². The quantitative estimate of drug-likeness (QED) is 0.613. The molecule has 0 heterocycles. The van der Waals surface area contributed by atoms with Gasteiger partial charge >= 0.3 is 0 Å². The van der Waals surface area contributed by atoms with Crippen molar-refractivity contribution in [3.8, 4) is 5.75 Å². The normalized spacial score (nSPS) is 10.1. The Bertz CT molecular complexity index is 334. The van der Waals surface area contributed by atoms with Crippen molar-refractivity contribution in [3.63, 3.8) is 0 Å². The predicted molar refractivity (Wildman–Crippen MR) is 59.0 cm³/mol. The van der Waals surface area contributed by atoms with E-state index in [-0.39, 0.29) is 0 Å². The van der Waals surface area contributed by atoms with Gasteiger partial charge in [0, 0.05) is 11.3 Å². The van der Waals surface area contributed by atoms with Crippen molar-refractivity contribution in [2.75, 3.05) is 6.26 Å². The van der Waals surface area contributed by atoms with Gasteiger partial charge in [-0.05, 0) is 42.9 Å². The van der Waals surface area contributed by atoms with Crippen molar-refractivity contribution < 1.29 is 9.90 Å². The summed E-state index contributed by atoms with van der Waals surface area (Å²) < 4.78 is 0. The van der Waals surface area contributed by atoms with E-state index in [1.807, 2.05) is 19.2 Å². The monoisotopic (exact) mass is 210 g/mol. The number of thioether (sulfide) groups is 1. The van der Waals surface area contributed by atoms with Gasteiger partial charge in [-0.3, -0.25) is 0 Å². The van der Waals surface area contributed by atoms with E-state index < -0.39 is 0 Å². The van der Waals surface area contributed by atoms with Crippen LogP contribution in [-0.2, 0) is 11.2 Å². The van der Waals surface area contributed by atoms with Crippen molar-refractivity contribution in [1.82, 2.24) is 0 Å². The van der Waals surface area contributed by atoms with Crippen LogP contribution in [-0.4, -0.2) is 17.6 Å². The van der Waals surface area contributed by atoms with Crippen molar-refractivity contribution in [2.24, 2.45) is 0 Å². The number of phenols is 1. The average molecular weight is 210 g/mol. The van der Waals surface area contributed by atoms with Crippen molar-refractivity contribution in [2.45, 2.75) is 24.7 Å². The number of carbonyl (C=O) groups is 1. The zero-order valence-electron chi connectivity index (χ0n) is 8.41. The lowest BCUT2D eigenvalue weighted by atomic mass is 10.1. The first-order valence-electron chi connectivity index (χ1n) is 4.49. The maximum absolute atomic E-state index is 10.3. The van der Waals surface area contributed by atoms with Crippen LogP contribution in [0.1, 0.15) is 17.5 Å². The molecule has 1 rings (SSSR count). The third-order valence-electron chi connectivity index (χ3n) is 2.13. The molecule has 1 N–H and O–H groups in total. The third kappa shape index (κ3) is 2.51. The number of hydrogen-bond acceptors (Lipinski definition) is 3. The molecule has 14 heavy (non-hydrogen) atoms. The summed E-state index contributed by atoms with van der Waals surface area (Å²) in [7, 11) is 0. The second-order valence-electron chi connectivity index (χ2n) is 3.16. The second-order valence-corrected chi connectivity index (χ2v) is 4.00. The molecule has 0 bridgehead atoms. The summed E-state index contributed by atoms with van der Waals surface area (Å²) in [6, 6.07) is 3.71. The van der Waals surface area contributed by atoms with E-state index in [1.54, 1.807) is 17.8 Å². The molecule has 0 spiro atoms. The van der Waals surface area contributed by atoms with Gasteiger partial charge in [0.25, 0.3) is 0 Å². The molecular formula is C11H14O2S. The highest BCUT2D eigenvalue weighted by molar-refractivity contribution is 7.98.